The number of thiazole rings is 1. The predicted molar refractivity (Wildman–Crippen MR) is 117 cm³/mol. The Bertz CT molecular complexity index is 1150. The second-order valence-electron chi connectivity index (χ2n) is 7.12. The van der Waals surface area contributed by atoms with Crippen LogP contribution in [0.15, 0.2) is 72.4 Å². The third-order valence-corrected chi connectivity index (χ3v) is 6.26. The number of pyridine rings is 1. The SMILES string of the molecule is O=C(Nc1cccc2cnccc12)N1CCC[C@H]1c1nc(-c2ccccc2)cs1. The molecule has 6 heteroatoms. The van der Waals surface area contributed by atoms with E-state index in [9.17, 15) is 4.79 Å². The maximum Gasteiger partial charge on any atom is 0.322 e. The van der Waals surface area contributed by atoms with E-state index < -0.39 is 0 Å². The minimum Gasteiger partial charge on any atom is -0.315 e. The molecule has 0 unspecified atom stereocenters. The van der Waals surface area contributed by atoms with E-state index in [0.717, 1.165) is 52.1 Å². The van der Waals surface area contributed by atoms with E-state index in [2.05, 4.69) is 27.8 Å². The Kier molecular flexibility index (Phi) is 4.69. The second kappa shape index (κ2) is 7.64. The van der Waals surface area contributed by atoms with Crippen molar-refractivity contribution in [1.82, 2.24) is 14.9 Å². The lowest BCUT2D eigenvalue weighted by Gasteiger charge is -2.24. The van der Waals surface area contributed by atoms with Gasteiger partial charge in [0.1, 0.15) is 5.01 Å². The van der Waals surface area contributed by atoms with Gasteiger partial charge in [-0.25, -0.2) is 9.78 Å². The van der Waals surface area contributed by atoms with Crippen LogP contribution in [-0.4, -0.2) is 27.4 Å². The number of aromatic nitrogens is 2. The first kappa shape index (κ1) is 17.8. The van der Waals surface area contributed by atoms with Crippen LogP contribution in [0.4, 0.5) is 10.5 Å². The summed E-state index contributed by atoms with van der Waals surface area (Å²) in [6, 6.07) is 17.9. The summed E-state index contributed by atoms with van der Waals surface area (Å²) < 4.78 is 0. The number of fused-ring (bicyclic) bond motifs is 1. The van der Waals surface area contributed by atoms with Crippen molar-refractivity contribution in [1.29, 1.82) is 0 Å². The molecule has 1 saturated heterocycles. The van der Waals surface area contributed by atoms with E-state index in [1.807, 2.05) is 53.6 Å². The Morgan fingerprint density at radius 2 is 2.00 bits per heavy atom. The number of hydrogen-bond acceptors (Lipinski definition) is 4. The maximum atomic E-state index is 13.1. The number of hydrogen-bond donors (Lipinski definition) is 1. The van der Waals surface area contributed by atoms with Crippen LogP contribution in [0.1, 0.15) is 23.9 Å². The summed E-state index contributed by atoms with van der Waals surface area (Å²) in [6.07, 6.45) is 5.48. The Morgan fingerprint density at radius 1 is 1.10 bits per heavy atom. The van der Waals surface area contributed by atoms with E-state index in [1.54, 1.807) is 17.5 Å². The molecule has 0 saturated carbocycles. The quantitative estimate of drug-likeness (QED) is 0.478. The van der Waals surface area contributed by atoms with Crippen LogP contribution >= 0.6 is 11.3 Å². The van der Waals surface area contributed by atoms with Crippen LogP contribution in [0, 0.1) is 0 Å². The fraction of sp³-hybridized carbons (Fsp3) is 0.174. The Labute approximate surface area is 173 Å². The number of nitrogens with zero attached hydrogens (tertiary/aromatic N) is 3. The minimum atomic E-state index is -0.0757. The number of carbonyl (C=O) groups is 1. The van der Waals surface area contributed by atoms with Gasteiger partial charge < -0.3 is 10.2 Å². The molecule has 1 N–H and O–H groups in total. The molecule has 4 aromatic rings. The van der Waals surface area contributed by atoms with E-state index >= 15 is 0 Å². The summed E-state index contributed by atoms with van der Waals surface area (Å²) in [6.45, 7) is 0.739. The van der Waals surface area contributed by atoms with Gasteiger partial charge in [0.05, 0.1) is 17.4 Å². The molecule has 5 nitrogen and oxygen atoms in total. The highest BCUT2D eigenvalue weighted by Crippen LogP contribution is 2.36. The van der Waals surface area contributed by atoms with Crippen LogP contribution in [0.2, 0.25) is 0 Å². The zero-order chi connectivity index (χ0) is 19.6. The standard InChI is InChI=1S/C23H20N4OS/c28-23(26-19-9-4-8-17-14-24-12-11-18(17)19)27-13-5-10-21(27)22-25-20(15-29-22)16-6-2-1-3-7-16/h1-4,6-9,11-12,14-15,21H,5,10,13H2,(H,26,28)/t21-/m0/s1. The van der Waals surface area contributed by atoms with Gasteiger partial charge in [0.15, 0.2) is 0 Å². The van der Waals surface area contributed by atoms with Gasteiger partial charge in [-0.2, -0.15) is 0 Å². The highest BCUT2D eigenvalue weighted by atomic mass is 32.1. The fourth-order valence-corrected chi connectivity index (χ4v) is 4.84. The van der Waals surface area contributed by atoms with Gasteiger partial charge in [0.25, 0.3) is 0 Å². The molecule has 5 rings (SSSR count). The topological polar surface area (TPSA) is 58.1 Å². The molecule has 29 heavy (non-hydrogen) atoms. The molecule has 0 bridgehead atoms. The largest absolute Gasteiger partial charge is 0.322 e. The molecule has 1 fully saturated rings. The Morgan fingerprint density at radius 3 is 2.90 bits per heavy atom. The maximum absolute atomic E-state index is 13.1. The first-order valence-electron chi connectivity index (χ1n) is 9.71. The molecule has 1 aliphatic heterocycles. The number of carbonyl (C=O) groups excluding carboxylic acids is 1. The van der Waals surface area contributed by atoms with E-state index in [1.165, 1.54) is 0 Å². The smallest absolute Gasteiger partial charge is 0.315 e. The van der Waals surface area contributed by atoms with E-state index in [0.29, 0.717) is 0 Å². The third-order valence-electron chi connectivity index (χ3n) is 5.31. The molecule has 144 valence electrons. The van der Waals surface area contributed by atoms with Crippen LogP contribution in [0.5, 0.6) is 0 Å². The van der Waals surface area contributed by atoms with Gasteiger partial charge in [0, 0.05) is 40.7 Å². The van der Waals surface area contributed by atoms with Gasteiger partial charge in [-0.3, -0.25) is 4.98 Å². The van der Waals surface area contributed by atoms with Crippen molar-refractivity contribution in [2.45, 2.75) is 18.9 Å². The number of rotatable bonds is 3. The van der Waals surface area contributed by atoms with Crippen molar-refractivity contribution >= 4 is 33.8 Å². The number of likely N-dealkylation sites (tertiary alicyclic amines) is 1. The van der Waals surface area contributed by atoms with Crippen LogP contribution in [0.3, 0.4) is 0 Å². The molecular formula is C23H20N4OS. The van der Waals surface area contributed by atoms with Gasteiger partial charge in [0.2, 0.25) is 0 Å². The summed E-state index contributed by atoms with van der Waals surface area (Å²) in [5.41, 5.74) is 2.89. The lowest BCUT2D eigenvalue weighted by Crippen LogP contribution is -2.34. The van der Waals surface area contributed by atoms with Gasteiger partial charge >= 0.3 is 6.03 Å². The number of amides is 2. The first-order chi connectivity index (χ1) is 14.3. The summed E-state index contributed by atoms with van der Waals surface area (Å²) >= 11 is 1.63. The van der Waals surface area contributed by atoms with Crippen molar-refractivity contribution in [2.24, 2.45) is 0 Å². The molecule has 0 radical (unpaired) electrons. The third kappa shape index (κ3) is 3.47. The zero-order valence-corrected chi connectivity index (χ0v) is 16.6. The average molecular weight is 401 g/mol. The molecule has 2 aromatic heterocycles. The highest BCUT2D eigenvalue weighted by Gasteiger charge is 2.32. The Balaban J connectivity index is 1.38. The van der Waals surface area contributed by atoms with Crippen LogP contribution in [-0.2, 0) is 0 Å². The van der Waals surface area contributed by atoms with Crippen molar-refractivity contribution in [3.63, 3.8) is 0 Å². The molecule has 1 aliphatic rings. The molecule has 0 aliphatic carbocycles. The molecule has 2 aromatic carbocycles. The lowest BCUT2D eigenvalue weighted by molar-refractivity contribution is 0.207. The van der Waals surface area contributed by atoms with E-state index in [4.69, 9.17) is 4.98 Å². The number of urea groups is 1. The van der Waals surface area contributed by atoms with Gasteiger partial charge in [-0.15, -0.1) is 11.3 Å². The summed E-state index contributed by atoms with van der Waals surface area (Å²) in [7, 11) is 0. The van der Waals surface area contributed by atoms with Crippen molar-refractivity contribution in [2.75, 3.05) is 11.9 Å². The summed E-state index contributed by atoms with van der Waals surface area (Å²) in [5.74, 6) is 0. The Hall–Kier alpha value is -3.25. The zero-order valence-electron chi connectivity index (χ0n) is 15.8. The number of benzene rings is 2. The summed E-state index contributed by atoms with van der Waals surface area (Å²) in [5, 5.41) is 8.18. The fourth-order valence-electron chi connectivity index (χ4n) is 3.87. The first-order valence-corrected chi connectivity index (χ1v) is 10.6. The van der Waals surface area contributed by atoms with Gasteiger partial charge in [-0.05, 0) is 25.0 Å². The van der Waals surface area contributed by atoms with Crippen LogP contribution < -0.4 is 5.32 Å². The number of anilines is 1. The molecule has 0 spiro atoms. The normalized spacial score (nSPS) is 16.3. The van der Waals surface area contributed by atoms with Gasteiger partial charge in [-0.1, -0.05) is 42.5 Å². The average Bonchev–Trinajstić information content (AvgIpc) is 3.44. The summed E-state index contributed by atoms with van der Waals surface area (Å²) in [4.78, 5) is 24.0. The van der Waals surface area contributed by atoms with Crippen LogP contribution in [0.25, 0.3) is 22.0 Å². The molecule has 2 amide bonds. The van der Waals surface area contributed by atoms with Crippen molar-refractivity contribution < 1.29 is 4.79 Å². The molecular weight excluding hydrogens is 380 g/mol. The number of nitrogens with one attached hydrogen (secondary N) is 1. The lowest BCUT2D eigenvalue weighted by atomic mass is 10.1. The molecule has 3 heterocycles. The van der Waals surface area contributed by atoms with Crippen molar-refractivity contribution in [3.05, 3.63) is 77.4 Å². The highest BCUT2D eigenvalue weighted by molar-refractivity contribution is 7.10. The van der Waals surface area contributed by atoms with Crippen molar-refractivity contribution in [3.8, 4) is 11.3 Å². The second-order valence-corrected chi connectivity index (χ2v) is 8.01. The monoisotopic (exact) mass is 400 g/mol. The molecule has 1 atom stereocenters. The minimum absolute atomic E-state index is 0.0223. The predicted octanol–water partition coefficient (Wildman–Crippen LogP) is 5.73. The van der Waals surface area contributed by atoms with E-state index in [-0.39, 0.29) is 12.1 Å².